The molecule has 0 saturated carbocycles. The molecule has 0 amide bonds. The van der Waals surface area contributed by atoms with E-state index in [2.05, 4.69) is 37.0 Å². The van der Waals surface area contributed by atoms with Crippen molar-refractivity contribution in [3.63, 3.8) is 0 Å². The quantitative estimate of drug-likeness (QED) is 0.456. The summed E-state index contributed by atoms with van der Waals surface area (Å²) in [6.07, 6.45) is -0.578. The Morgan fingerprint density at radius 1 is 1.25 bits per heavy atom. The van der Waals surface area contributed by atoms with Gasteiger partial charge in [0.05, 0.1) is 37.4 Å². The van der Waals surface area contributed by atoms with Gasteiger partial charge in [-0.1, -0.05) is 23.8 Å². The zero-order chi connectivity index (χ0) is 23.3. The fourth-order valence-corrected chi connectivity index (χ4v) is 4.66. The van der Waals surface area contributed by atoms with E-state index in [1.165, 1.54) is 16.9 Å². The van der Waals surface area contributed by atoms with E-state index in [1.54, 1.807) is 7.11 Å². The van der Waals surface area contributed by atoms with Crippen LogP contribution in [-0.2, 0) is 16.0 Å². The van der Waals surface area contributed by atoms with Crippen molar-refractivity contribution in [2.75, 3.05) is 33.4 Å². The second-order valence-corrected chi connectivity index (χ2v) is 9.28. The zero-order valence-electron chi connectivity index (χ0n) is 19.5. The Bertz CT molecular complexity index is 1090. The van der Waals surface area contributed by atoms with E-state index in [0.29, 0.717) is 42.3 Å². The average molecular weight is 460 g/mol. The number of aliphatic hydroxyl groups excluding tert-OH is 1. The first-order valence-electron chi connectivity index (χ1n) is 10.9. The van der Waals surface area contributed by atoms with Crippen LogP contribution in [0.25, 0.3) is 21.3 Å². The number of hydrogen-bond donors (Lipinski definition) is 2. The van der Waals surface area contributed by atoms with Crippen molar-refractivity contribution in [2.24, 2.45) is 0 Å². The molecule has 1 aromatic carbocycles. The number of ether oxygens (including phenoxy) is 2. The number of benzene rings is 1. The van der Waals surface area contributed by atoms with Gasteiger partial charge in [-0.05, 0) is 38.8 Å². The van der Waals surface area contributed by atoms with Gasteiger partial charge < -0.3 is 19.6 Å². The van der Waals surface area contributed by atoms with Crippen molar-refractivity contribution < 1.29 is 14.6 Å². The van der Waals surface area contributed by atoms with Gasteiger partial charge in [0, 0.05) is 31.1 Å². The summed E-state index contributed by atoms with van der Waals surface area (Å²) in [6, 6.07) is 6.24. The monoisotopic (exact) mass is 459 g/mol. The predicted molar refractivity (Wildman–Crippen MR) is 129 cm³/mol. The molecule has 7 nitrogen and oxygen atoms in total. The van der Waals surface area contributed by atoms with Gasteiger partial charge in [0.25, 0.3) is 5.56 Å². The minimum absolute atomic E-state index is 0.0581. The normalized spacial score (nSPS) is 12.9. The van der Waals surface area contributed by atoms with Crippen molar-refractivity contribution in [2.45, 2.75) is 46.4 Å². The van der Waals surface area contributed by atoms with Gasteiger partial charge >= 0.3 is 0 Å². The Hall–Kier alpha value is -2.10. The lowest BCUT2D eigenvalue weighted by Gasteiger charge is -2.24. The van der Waals surface area contributed by atoms with E-state index >= 15 is 0 Å². The van der Waals surface area contributed by atoms with Crippen LogP contribution in [-0.4, -0.2) is 65.6 Å². The van der Waals surface area contributed by atoms with E-state index in [1.807, 2.05) is 24.1 Å². The van der Waals surface area contributed by atoms with Crippen molar-refractivity contribution in [3.8, 4) is 11.1 Å². The minimum Gasteiger partial charge on any atom is -0.389 e. The highest BCUT2D eigenvalue weighted by atomic mass is 32.1. The molecule has 32 heavy (non-hydrogen) atoms. The molecule has 0 aliphatic rings. The fourth-order valence-electron chi connectivity index (χ4n) is 3.70. The van der Waals surface area contributed by atoms with Crippen LogP contribution in [0.15, 0.2) is 28.4 Å². The maximum absolute atomic E-state index is 13.0. The van der Waals surface area contributed by atoms with Crippen LogP contribution in [0.1, 0.15) is 30.8 Å². The van der Waals surface area contributed by atoms with Gasteiger partial charge in [-0.3, -0.25) is 9.69 Å². The molecule has 0 aliphatic carbocycles. The lowest BCUT2D eigenvalue weighted by atomic mass is 9.99. The van der Waals surface area contributed by atoms with E-state index < -0.39 is 6.10 Å². The van der Waals surface area contributed by atoms with E-state index in [9.17, 15) is 9.90 Å². The summed E-state index contributed by atoms with van der Waals surface area (Å²) in [7, 11) is 1.64. The molecule has 0 saturated heterocycles. The number of thiophene rings is 1. The third-order valence-electron chi connectivity index (χ3n) is 5.24. The average Bonchev–Trinajstić information content (AvgIpc) is 3.14. The third-order valence-corrected chi connectivity index (χ3v) is 6.11. The standard InChI is InChI=1S/C24H33N3O4S/c1-15(2)31-13-18(28)11-27(8-9-30-5)12-21-25-23(29)22-20(14-32-24(22)26-21)19-7-6-16(3)10-17(19)4/h6-7,10,14-15,18,28H,8-9,11-13H2,1-5H3,(H,25,26,29)/t18-/m0/s1. The summed E-state index contributed by atoms with van der Waals surface area (Å²) in [5.41, 5.74) is 4.16. The van der Waals surface area contributed by atoms with Gasteiger partial charge in [-0.15, -0.1) is 11.3 Å². The topological polar surface area (TPSA) is 87.7 Å². The Labute approximate surface area is 193 Å². The van der Waals surface area contributed by atoms with Gasteiger partial charge in [-0.25, -0.2) is 4.98 Å². The van der Waals surface area contributed by atoms with Crippen LogP contribution >= 0.6 is 11.3 Å². The first-order valence-corrected chi connectivity index (χ1v) is 11.8. The summed E-state index contributed by atoms with van der Waals surface area (Å²) in [6.45, 7) is 10.2. The molecule has 0 bridgehead atoms. The lowest BCUT2D eigenvalue weighted by Crippen LogP contribution is -2.37. The van der Waals surface area contributed by atoms with E-state index in [-0.39, 0.29) is 18.3 Å². The number of rotatable bonds is 11. The van der Waals surface area contributed by atoms with E-state index in [0.717, 1.165) is 16.7 Å². The number of hydrogen-bond acceptors (Lipinski definition) is 7. The van der Waals surface area contributed by atoms with Crippen molar-refractivity contribution in [3.05, 3.63) is 50.9 Å². The molecule has 8 heteroatoms. The molecule has 0 aliphatic heterocycles. The van der Waals surface area contributed by atoms with Gasteiger partial charge in [0.1, 0.15) is 10.7 Å². The van der Waals surface area contributed by atoms with Crippen LogP contribution in [0.3, 0.4) is 0 Å². The fraction of sp³-hybridized carbons (Fsp3) is 0.500. The second kappa shape index (κ2) is 11.2. The predicted octanol–water partition coefficient (Wildman–Crippen LogP) is 3.50. The zero-order valence-corrected chi connectivity index (χ0v) is 20.3. The molecule has 0 spiro atoms. The molecular weight excluding hydrogens is 426 g/mol. The molecule has 0 fully saturated rings. The first kappa shape index (κ1) is 24.5. The van der Waals surface area contributed by atoms with Crippen molar-refractivity contribution >= 4 is 21.6 Å². The van der Waals surface area contributed by atoms with Crippen LogP contribution in [0, 0.1) is 13.8 Å². The summed E-state index contributed by atoms with van der Waals surface area (Å²) in [4.78, 5) is 23.4. The second-order valence-electron chi connectivity index (χ2n) is 8.42. The van der Waals surface area contributed by atoms with Crippen molar-refractivity contribution in [1.29, 1.82) is 0 Å². The number of aryl methyl sites for hydroxylation is 2. The van der Waals surface area contributed by atoms with Crippen LogP contribution in [0.4, 0.5) is 0 Å². The number of aromatic nitrogens is 2. The van der Waals surface area contributed by atoms with Crippen LogP contribution < -0.4 is 5.56 Å². The Morgan fingerprint density at radius 2 is 2.03 bits per heavy atom. The number of methoxy groups -OCH3 is 1. The summed E-state index contributed by atoms with van der Waals surface area (Å²) in [5, 5.41) is 13.0. The maximum atomic E-state index is 13.0. The molecule has 174 valence electrons. The molecule has 0 unspecified atom stereocenters. The first-order chi connectivity index (χ1) is 15.3. The highest BCUT2D eigenvalue weighted by Gasteiger charge is 2.18. The minimum atomic E-state index is -0.637. The van der Waals surface area contributed by atoms with Crippen molar-refractivity contribution in [1.82, 2.24) is 14.9 Å². The van der Waals surface area contributed by atoms with E-state index in [4.69, 9.17) is 14.5 Å². The molecule has 2 N–H and O–H groups in total. The maximum Gasteiger partial charge on any atom is 0.260 e. The highest BCUT2D eigenvalue weighted by molar-refractivity contribution is 7.17. The molecule has 1 atom stereocenters. The number of aromatic amines is 1. The molecule has 3 rings (SSSR count). The molecule has 2 heterocycles. The SMILES string of the molecule is COCCN(Cc1nc2scc(-c3ccc(C)cc3C)c2c(=O)[nH]1)C[C@H](O)COC(C)C. The lowest BCUT2D eigenvalue weighted by molar-refractivity contribution is -0.0124. The van der Waals surface area contributed by atoms with Gasteiger partial charge in [-0.2, -0.15) is 0 Å². The molecular formula is C24H33N3O4S. The highest BCUT2D eigenvalue weighted by Crippen LogP contribution is 2.33. The van der Waals surface area contributed by atoms with Gasteiger partial charge in [0.15, 0.2) is 0 Å². The number of aliphatic hydroxyl groups is 1. The number of nitrogens with zero attached hydrogens (tertiary/aromatic N) is 2. The Morgan fingerprint density at radius 3 is 2.72 bits per heavy atom. The smallest absolute Gasteiger partial charge is 0.260 e. The Balaban J connectivity index is 1.84. The summed E-state index contributed by atoms with van der Waals surface area (Å²) < 4.78 is 10.7. The number of H-pyrrole nitrogens is 1. The van der Waals surface area contributed by atoms with Crippen LogP contribution in [0.5, 0.6) is 0 Å². The molecule has 0 radical (unpaired) electrons. The third kappa shape index (κ3) is 6.24. The largest absolute Gasteiger partial charge is 0.389 e. The van der Waals surface area contributed by atoms with Crippen LogP contribution in [0.2, 0.25) is 0 Å². The van der Waals surface area contributed by atoms with Gasteiger partial charge in [0.2, 0.25) is 0 Å². The number of nitrogens with one attached hydrogen (secondary N) is 1. The Kier molecular flexibility index (Phi) is 8.56. The molecule has 2 aromatic heterocycles. The number of fused-ring (bicyclic) bond motifs is 1. The molecule has 3 aromatic rings. The summed E-state index contributed by atoms with van der Waals surface area (Å²) in [5.74, 6) is 0.574. The summed E-state index contributed by atoms with van der Waals surface area (Å²) >= 11 is 1.48.